The molecule has 0 saturated heterocycles. The van der Waals surface area contributed by atoms with Crippen LogP contribution in [0.25, 0.3) is 0 Å². The first kappa shape index (κ1) is 22.1. The van der Waals surface area contributed by atoms with Gasteiger partial charge in [-0.25, -0.2) is 0 Å². The molecular weight excluding hydrogens is 403 g/mol. The third-order valence-corrected chi connectivity index (χ3v) is 5.49. The summed E-state index contributed by atoms with van der Waals surface area (Å²) in [5.74, 6) is 4.15. The van der Waals surface area contributed by atoms with E-state index in [1.807, 2.05) is 0 Å². The number of carbonyl (C=O) groups is 1. The molecule has 3 N–H and O–H groups in total. The molecule has 5 unspecified atom stereocenters. The summed E-state index contributed by atoms with van der Waals surface area (Å²) in [7, 11) is 0. The van der Waals surface area contributed by atoms with E-state index in [2.05, 4.69) is 17.0 Å². The highest BCUT2D eigenvalue weighted by atomic mass is 19.4. The lowest BCUT2D eigenvalue weighted by atomic mass is 9.71. The fourth-order valence-electron chi connectivity index (χ4n) is 3.87. The number of carboxylic acids is 1. The Balaban J connectivity index is 1.58. The van der Waals surface area contributed by atoms with Crippen LogP contribution in [0, 0.1) is 29.6 Å². The number of hydrogen-bond donors (Lipinski definition) is 3. The Morgan fingerprint density at radius 3 is 2.83 bits per heavy atom. The van der Waals surface area contributed by atoms with Crippen molar-refractivity contribution >= 4 is 11.7 Å². The van der Waals surface area contributed by atoms with Crippen LogP contribution in [-0.4, -0.2) is 39.7 Å². The van der Waals surface area contributed by atoms with E-state index in [1.165, 1.54) is 12.1 Å². The number of aliphatic carboxylic acids is 1. The fourth-order valence-corrected chi connectivity index (χ4v) is 3.87. The Morgan fingerprint density at radius 2 is 2.13 bits per heavy atom. The molecule has 0 bridgehead atoms. The zero-order chi connectivity index (χ0) is 21.9. The second-order valence-electron chi connectivity index (χ2n) is 7.53. The molecule has 0 amide bonds. The van der Waals surface area contributed by atoms with Crippen LogP contribution >= 0.6 is 0 Å². The maximum absolute atomic E-state index is 12.8. The number of aliphatic hydroxyl groups is 2. The molecule has 9 heteroatoms. The summed E-state index contributed by atoms with van der Waals surface area (Å²) in [6, 6.07) is 4.38. The van der Waals surface area contributed by atoms with Gasteiger partial charge < -0.3 is 20.2 Å². The van der Waals surface area contributed by atoms with Crippen LogP contribution in [0.3, 0.4) is 0 Å². The Bertz CT molecular complexity index is 873. The summed E-state index contributed by atoms with van der Waals surface area (Å²) in [5, 5.41) is 33.1. The van der Waals surface area contributed by atoms with Crippen molar-refractivity contribution in [1.29, 1.82) is 0 Å². The first-order valence-corrected chi connectivity index (χ1v) is 9.61. The van der Waals surface area contributed by atoms with E-state index in [0.29, 0.717) is 19.3 Å². The van der Waals surface area contributed by atoms with Crippen LogP contribution in [0.4, 0.5) is 13.2 Å². The first-order chi connectivity index (χ1) is 14.2. The highest BCUT2D eigenvalue weighted by Gasteiger charge is 2.51. The molecule has 0 aromatic heterocycles. The van der Waals surface area contributed by atoms with Gasteiger partial charge in [0.2, 0.25) is 0 Å². The summed E-state index contributed by atoms with van der Waals surface area (Å²) >= 11 is 0. The number of benzene rings is 1. The number of oxime groups is 1. The van der Waals surface area contributed by atoms with Gasteiger partial charge in [0.15, 0.2) is 0 Å². The molecule has 3 rings (SSSR count). The van der Waals surface area contributed by atoms with E-state index < -0.39 is 35.8 Å². The minimum absolute atomic E-state index is 0.00148. The zero-order valence-electron chi connectivity index (χ0n) is 16.0. The Morgan fingerprint density at radius 1 is 1.37 bits per heavy atom. The van der Waals surface area contributed by atoms with Crippen molar-refractivity contribution in [2.75, 3.05) is 6.61 Å². The molecule has 0 radical (unpaired) electrons. The molecule has 30 heavy (non-hydrogen) atoms. The maximum Gasteiger partial charge on any atom is 0.416 e. The SMILES string of the molecule is O=C(O)CCCON=C1CC2C1CC(O)C2C#CC(O)c1cccc(C(F)(F)F)c1. The van der Waals surface area contributed by atoms with Crippen molar-refractivity contribution in [1.82, 2.24) is 0 Å². The van der Waals surface area contributed by atoms with E-state index in [4.69, 9.17) is 9.94 Å². The van der Waals surface area contributed by atoms with Gasteiger partial charge in [-0.15, -0.1) is 0 Å². The molecule has 0 heterocycles. The normalized spacial score (nSPS) is 27.6. The summed E-state index contributed by atoms with van der Waals surface area (Å²) in [6.45, 7) is 0.197. The molecule has 2 aliphatic rings. The van der Waals surface area contributed by atoms with Gasteiger partial charge in [-0.2, -0.15) is 13.2 Å². The van der Waals surface area contributed by atoms with E-state index in [0.717, 1.165) is 17.8 Å². The van der Waals surface area contributed by atoms with Crippen LogP contribution in [-0.2, 0) is 15.8 Å². The molecule has 0 spiro atoms. The minimum Gasteiger partial charge on any atom is -0.481 e. The lowest BCUT2D eigenvalue weighted by Crippen LogP contribution is -2.36. The van der Waals surface area contributed by atoms with Crippen LogP contribution in [0.2, 0.25) is 0 Å². The third kappa shape index (κ3) is 5.12. The lowest BCUT2D eigenvalue weighted by Gasteiger charge is -2.33. The van der Waals surface area contributed by atoms with E-state index >= 15 is 0 Å². The van der Waals surface area contributed by atoms with Gasteiger partial charge in [-0.1, -0.05) is 29.1 Å². The molecule has 0 aliphatic heterocycles. The largest absolute Gasteiger partial charge is 0.481 e. The van der Waals surface area contributed by atoms with E-state index in [9.17, 15) is 28.2 Å². The number of rotatable bonds is 6. The Kier molecular flexibility index (Phi) is 6.68. The van der Waals surface area contributed by atoms with Gasteiger partial charge in [0.1, 0.15) is 12.7 Å². The predicted octanol–water partition coefficient (Wildman–Crippen LogP) is 3.00. The molecule has 2 aliphatic carbocycles. The standard InChI is InChI=1S/C21H22F3NO5/c22-21(23,24)13-4-1-3-12(9-13)18(26)7-6-14-15-10-17(16(15)11-19(14)27)25-30-8-2-5-20(28)29/h1,3-4,9,14-16,18-19,26-27H,2,5,8,10-11H2,(H,28,29). The van der Waals surface area contributed by atoms with Gasteiger partial charge in [0.05, 0.1) is 23.3 Å². The number of hydrogen-bond acceptors (Lipinski definition) is 5. The van der Waals surface area contributed by atoms with Crippen molar-refractivity contribution in [3.63, 3.8) is 0 Å². The second kappa shape index (κ2) is 9.06. The molecule has 2 fully saturated rings. The van der Waals surface area contributed by atoms with Crippen molar-refractivity contribution in [3.8, 4) is 11.8 Å². The molecule has 6 nitrogen and oxygen atoms in total. The van der Waals surface area contributed by atoms with Crippen LogP contribution in [0.15, 0.2) is 29.4 Å². The van der Waals surface area contributed by atoms with Crippen molar-refractivity contribution in [2.24, 2.45) is 22.9 Å². The summed E-state index contributed by atoms with van der Waals surface area (Å²) < 4.78 is 38.5. The van der Waals surface area contributed by atoms with E-state index in [-0.39, 0.29) is 30.4 Å². The van der Waals surface area contributed by atoms with Gasteiger partial charge in [0.25, 0.3) is 0 Å². The number of fused-ring (bicyclic) bond motifs is 1. The number of nitrogens with zero attached hydrogens (tertiary/aromatic N) is 1. The summed E-state index contributed by atoms with van der Waals surface area (Å²) in [4.78, 5) is 15.6. The molecular formula is C21H22F3NO5. The second-order valence-corrected chi connectivity index (χ2v) is 7.53. The third-order valence-electron chi connectivity index (χ3n) is 5.49. The highest BCUT2D eigenvalue weighted by molar-refractivity contribution is 5.93. The summed E-state index contributed by atoms with van der Waals surface area (Å²) in [6.07, 6.45) is -5.24. The number of alkyl halides is 3. The highest BCUT2D eigenvalue weighted by Crippen LogP contribution is 2.48. The molecule has 162 valence electrons. The average molecular weight is 425 g/mol. The first-order valence-electron chi connectivity index (χ1n) is 9.61. The van der Waals surface area contributed by atoms with E-state index in [1.54, 1.807) is 0 Å². The van der Waals surface area contributed by atoms with Crippen molar-refractivity contribution in [2.45, 2.75) is 44.1 Å². The number of carboxylic acid groups (broad SMARTS) is 1. The molecule has 5 atom stereocenters. The summed E-state index contributed by atoms with van der Waals surface area (Å²) in [5.41, 5.74) is -0.0194. The maximum atomic E-state index is 12.8. The Hall–Kier alpha value is -2.57. The van der Waals surface area contributed by atoms with Crippen LogP contribution < -0.4 is 0 Å². The quantitative estimate of drug-likeness (QED) is 0.370. The van der Waals surface area contributed by atoms with Gasteiger partial charge >= 0.3 is 12.1 Å². The molecule has 2 saturated carbocycles. The fraction of sp³-hybridized carbons (Fsp3) is 0.524. The van der Waals surface area contributed by atoms with Crippen LogP contribution in [0.1, 0.15) is 42.9 Å². The molecule has 1 aromatic carbocycles. The topological polar surface area (TPSA) is 99.4 Å². The van der Waals surface area contributed by atoms with Gasteiger partial charge in [0, 0.05) is 12.3 Å². The Labute approximate surface area is 171 Å². The number of aliphatic hydroxyl groups excluding tert-OH is 2. The smallest absolute Gasteiger partial charge is 0.416 e. The monoisotopic (exact) mass is 425 g/mol. The predicted molar refractivity (Wildman–Crippen MR) is 100 cm³/mol. The van der Waals surface area contributed by atoms with Crippen molar-refractivity contribution < 1.29 is 38.1 Å². The minimum atomic E-state index is -4.50. The van der Waals surface area contributed by atoms with Crippen molar-refractivity contribution in [3.05, 3.63) is 35.4 Å². The zero-order valence-corrected chi connectivity index (χ0v) is 16.0. The van der Waals surface area contributed by atoms with Gasteiger partial charge in [-0.3, -0.25) is 4.79 Å². The van der Waals surface area contributed by atoms with Crippen LogP contribution in [0.5, 0.6) is 0 Å². The molecule has 1 aromatic rings. The lowest BCUT2D eigenvalue weighted by molar-refractivity contribution is -0.138. The number of halogens is 3. The average Bonchev–Trinajstić information content (AvgIpc) is 2.92. The van der Waals surface area contributed by atoms with Gasteiger partial charge in [-0.05, 0) is 42.9 Å².